The van der Waals surface area contributed by atoms with Crippen LogP contribution in [0.1, 0.15) is 50.4 Å². The van der Waals surface area contributed by atoms with Gasteiger partial charge >= 0.3 is 0 Å². The van der Waals surface area contributed by atoms with E-state index in [9.17, 15) is 26.7 Å². The Labute approximate surface area is 290 Å². The number of rotatable bonds is 10. The molecular weight excluding hydrogens is 671 g/mol. The first kappa shape index (κ1) is 38.1. The average molecular weight is 718 g/mol. The quantitative estimate of drug-likeness (QED) is 0.306. The van der Waals surface area contributed by atoms with E-state index in [2.05, 4.69) is 4.72 Å². The van der Waals surface area contributed by atoms with Crippen molar-refractivity contribution in [2.75, 3.05) is 45.2 Å². The third kappa shape index (κ3) is 9.73. The lowest BCUT2D eigenvalue weighted by Crippen LogP contribution is -2.48. The van der Waals surface area contributed by atoms with E-state index in [0.29, 0.717) is 25.2 Å². The number of hydrogen-bond acceptors (Lipinski definition) is 9. The fourth-order valence-electron chi connectivity index (χ4n) is 5.54. The van der Waals surface area contributed by atoms with Crippen molar-refractivity contribution in [1.29, 1.82) is 0 Å². The maximum absolute atomic E-state index is 14.4. The number of sulfonamides is 2. The molecule has 49 heavy (non-hydrogen) atoms. The van der Waals surface area contributed by atoms with Crippen LogP contribution in [0.15, 0.2) is 82.6 Å². The molecule has 3 aromatic carbocycles. The lowest BCUT2D eigenvalue weighted by molar-refractivity contribution is -0.00833. The van der Waals surface area contributed by atoms with Gasteiger partial charge in [-0.05, 0) is 87.7 Å². The zero-order valence-electron chi connectivity index (χ0n) is 28.6. The number of ether oxygens (including phenoxy) is 3. The van der Waals surface area contributed by atoms with Gasteiger partial charge in [0.15, 0.2) is 0 Å². The van der Waals surface area contributed by atoms with Gasteiger partial charge in [0.2, 0.25) is 10.0 Å². The number of nitrogens with zero attached hydrogens (tertiary/aromatic N) is 2. The second-order valence-corrected chi connectivity index (χ2v) is 16.1. The van der Waals surface area contributed by atoms with Gasteiger partial charge in [-0.3, -0.25) is 9.52 Å². The van der Waals surface area contributed by atoms with Gasteiger partial charge in [-0.2, -0.15) is 4.31 Å². The van der Waals surface area contributed by atoms with Crippen LogP contribution in [0.5, 0.6) is 11.5 Å². The van der Waals surface area contributed by atoms with Crippen LogP contribution in [0.3, 0.4) is 0 Å². The van der Waals surface area contributed by atoms with Gasteiger partial charge in [0.25, 0.3) is 15.9 Å². The molecule has 0 aliphatic carbocycles. The number of aliphatic hydroxyl groups is 1. The minimum atomic E-state index is -3.95. The molecule has 4 rings (SSSR count). The molecular formula is C35H47N3O9S2. The SMILES string of the molecule is COc1ccc(S(=O)(=O)N(C)C[C@@H]2OCCCC[C@@H](C)Oc3ccc(NS(=O)(=O)c4ccccc4)cc3C(=O)N([C@@H](C)CO)C[C@H]2C)cc1. The predicted molar refractivity (Wildman–Crippen MR) is 187 cm³/mol. The standard InChI is InChI=1S/C35H47N3O9S2/c1-25-22-38(26(2)24-39)35(40)32-21-28(36-48(41,42)30-12-7-6-8-13-30)14-19-33(32)47-27(3)11-9-10-20-46-34(25)23-37(4)49(43,44)31-17-15-29(45-5)16-18-31/h6-8,12-19,21,25-27,34,36,39H,9-11,20,22-24H2,1-5H3/t25-,26+,27-,34+/m1/s1. The summed E-state index contributed by atoms with van der Waals surface area (Å²) >= 11 is 0. The van der Waals surface area contributed by atoms with E-state index in [1.807, 2.05) is 13.8 Å². The first-order chi connectivity index (χ1) is 23.3. The largest absolute Gasteiger partial charge is 0.497 e. The second kappa shape index (κ2) is 16.8. The highest BCUT2D eigenvalue weighted by molar-refractivity contribution is 7.92. The third-order valence-electron chi connectivity index (χ3n) is 8.56. The van der Waals surface area contributed by atoms with Gasteiger partial charge in [-0.25, -0.2) is 16.8 Å². The molecule has 12 nitrogen and oxygen atoms in total. The fourth-order valence-corrected chi connectivity index (χ4v) is 7.80. The first-order valence-corrected chi connectivity index (χ1v) is 19.2. The van der Waals surface area contributed by atoms with Crippen molar-refractivity contribution in [3.05, 3.63) is 78.4 Å². The number of nitrogens with one attached hydrogen (secondary N) is 1. The Hall–Kier alpha value is -3.69. The molecule has 14 heteroatoms. The minimum Gasteiger partial charge on any atom is -0.497 e. The molecule has 4 atom stereocenters. The summed E-state index contributed by atoms with van der Waals surface area (Å²) in [7, 11) is -4.82. The van der Waals surface area contributed by atoms with E-state index < -0.39 is 38.1 Å². The van der Waals surface area contributed by atoms with E-state index in [-0.39, 0.29) is 58.5 Å². The summed E-state index contributed by atoms with van der Waals surface area (Å²) in [6, 6.07) is 18.0. The van der Waals surface area contributed by atoms with Crippen LogP contribution in [0, 0.1) is 5.92 Å². The van der Waals surface area contributed by atoms with E-state index in [1.165, 1.54) is 53.7 Å². The minimum absolute atomic E-state index is 0.0204. The smallest absolute Gasteiger partial charge is 0.261 e. The molecule has 0 unspecified atom stereocenters. The molecule has 0 aromatic heterocycles. The zero-order chi connectivity index (χ0) is 35.8. The van der Waals surface area contributed by atoms with Crippen LogP contribution < -0.4 is 14.2 Å². The third-order valence-corrected chi connectivity index (χ3v) is 11.8. The molecule has 1 heterocycles. The van der Waals surface area contributed by atoms with Crippen molar-refractivity contribution in [1.82, 2.24) is 9.21 Å². The molecule has 268 valence electrons. The van der Waals surface area contributed by atoms with Gasteiger partial charge in [0.05, 0.1) is 47.3 Å². The Morgan fingerprint density at radius 2 is 1.69 bits per heavy atom. The maximum Gasteiger partial charge on any atom is 0.261 e. The zero-order valence-corrected chi connectivity index (χ0v) is 30.2. The molecule has 0 saturated carbocycles. The number of anilines is 1. The topological polar surface area (TPSA) is 152 Å². The Morgan fingerprint density at radius 3 is 2.35 bits per heavy atom. The molecule has 0 spiro atoms. The Morgan fingerprint density at radius 1 is 1.00 bits per heavy atom. The molecule has 1 amide bonds. The molecule has 2 N–H and O–H groups in total. The molecule has 0 radical (unpaired) electrons. The van der Waals surface area contributed by atoms with Gasteiger partial charge in [0, 0.05) is 38.3 Å². The van der Waals surface area contributed by atoms with Gasteiger partial charge in [-0.1, -0.05) is 25.1 Å². The van der Waals surface area contributed by atoms with Crippen molar-refractivity contribution in [2.45, 2.75) is 68.1 Å². The summed E-state index contributed by atoms with van der Waals surface area (Å²) in [5.41, 5.74) is 0.297. The number of aliphatic hydroxyl groups excluding tert-OH is 1. The number of fused-ring (bicyclic) bond motifs is 1. The molecule has 0 fully saturated rings. The van der Waals surface area contributed by atoms with Crippen LogP contribution in [0.4, 0.5) is 5.69 Å². The second-order valence-electron chi connectivity index (χ2n) is 12.4. The number of likely N-dealkylation sites (N-methyl/N-ethyl adjacent to an activating group) is 1. The number of benzene rings is 3. The van der Waals surface area contributed by atoms with Gasteiger partial charge < -0.3 is 24.2 Å². The number of carbonyl (C=O) groups is 1. The highest BCUT2D eigenvalue weighted by Crippen LogP contribution is 2.30. The summed E-state index contributed by atoms with van der Waals surface area (Å²) < 4.78 is 74.8. The Balaban J connectivity index is 1.66. The number of methoxy groups -OCH3 is 1. The fraction of sp³-hybridized carbons (Fsp3) is 0.457. The van der Waals surface area contributed by atoms with E-state index >= 15 is 0 Å². The van der Waals surface area contributed by atoms with E-state index in [4.69, 9.17) is 14.2 Å². The molecule has 1 aliphatic rings. The summed E-state index contributed by atoms with van der Waals surface area (Å²) in [6.45, 7) is 5.63. The van der Waals surface area contributed by atoms with E-state index in [0.717, 1.165) is 6.42 Å². The predicted octanol–water partition coefficient (Wildman–Crippen LogP) is 4.61. The summed E-state index contributed by atoms with van der Waals surface area (Å²) in [4.78, 5) is 16.0. The maximum atomic E-state index is 14.4. The van der Waals surface area contributed by atoms with Crippen LogP contribution in [0.25, 0.3) is 0 Å². The summed E-state index contributed by atoms with van der Waals surface area (Å²) in [5.74, 6) is -0.0312. The molecule has 0 bridgehead atoms. The Bertz CT molecular complexity index is 1750. The first-order valence-electron chi connectivity index (χ1n) is 16.3. The lowest BCUT2D eigenvalue weighted by atomic mass is 10.0. The van der Waals surface area contributed by atoms with Gasteiger partial charge in [0.1, 0.15) is 11.5 Å². The van der Waals surface area contributed by atoms with E-state index in [1.54, 1.807) is 49.4 Å². The van der Waals surface area contributed by atoms with Crippen molar-refractivity contribution in [3.63, 3.8) is 0 Å². The van der Waals surface area contributed by atoms with Gasteiger partial charge in [-0.15, -0.1) is 0 Å². The van der Waals surface area contributed by atoms with Crippen LogP contribution in [-0.2, 0) is 24.8 Å². The van der Waals surface area contributed by atoms with Crippen molar-refractivity contribution >= 4 is 31.6 Å². The number of amides is 1. The van der Waals surface area contributed by atoms with Crippen molar-refractivity contribution < 1.29 is 40.9 Å². The Kier molecular flexibility index (Phi) is 13.1. The lowest BCUT2D eigenvalue weighted by Gasteiger charge is -2.35. The highest BCUT2D eigenvalue weighted by atomic mass is 32.2. The van der Waals surface area contributed by atoms with Crippen LogP contribution >= 0.6 is 0 Å². The molecule has 0 saturated heterocycles. The highest BCUT2D eigenvalue weighted by Gasteiger charge is 2.32. The van der Waals surface area contributed by atoms with Crippen molar-refractivity contribution in [3.8, 4) is 11.5 Å². The number of hydrogen-bond donors (Lipinski definition) is 2. The van der Waals surface area contributed by atoms with Crippen molar-refractivity contribution in [2.24, 2.45) is 5.92 Å². The normalized spacial score (nSPS) is 20.5. The summed E-state index contributed by atoms with van der Waals surface area (Å²) in [5, 5.41) is 10.2. The number of carbonyl (C=O) groups excluding carboxylic acids is 1. The van der Waals surface area contributed by atoms with Crippen LogP contribution in [0.2, 0.25) is 0 Å². The monoisotopic (exact) mass is 717 g/mol. The molecule has 1 aliphatic heterocycles. The molecule has 3 aromatic rings. The van der Waals surface area contributed by atoms with Crippen LogP contribution in [-0.4, -0.2) is 95.8 Å². The average Bonchev–Trinajstić information content (AvgIpc) is 3.09. The summed E-state index contributed by atoms with van der Waals surface area (Å²) in [6.07, 6.45) is 1.24.